The molecule has 8 heteroatoms. The first-order valence-corrected chi connectivity index (χ1v) is 36.0. The van der Waals surface area contributed by atoms with Crippen molar-refractivity contribution >= 4 is 180 Å². The van der Waals surface area contributed by atoms with E-state index in [1.54, 1.807) is 0 Å². The van der Waals surface area contributed by atoms with Crippen molar-refractivity contribution in [3.8, 4) is 11.4 Å². The van der Waals surface area contributed by atoms with Crippen molar-refractivity contribution in [1.29, 1.82) is 0 Å². The summed E-state index contributed by atoms with van der Waals surface area (Å²) in [7, 11) is 0. The van der Waals surface area contributed by atoms with E-state index in [-0.39, 0.29) is 24.3 Å². The van der Waals surface area contributed by atoms with Crippen molar-refractivity contribution < 1.29 is 0 Å². The van der Waals surface area contributed by atoms with Crippen molar-refractivity contribution in [2.45, 2.75) is 52.4 Å². The lowest BCUT2D eigenvalue weighted by Crippen LogP contribution is -2.65. The van der Waals surface area contributed by atoms with Gasteiger partial charge in [-0.15, -0.1) is 0 Å². The van der Waals surface area contributed by atoms with E-state index in [0.717, 1.165) is 68.2 Å². The van der Waals surface area contributed by atoms with Gasteiger partial charge in [0, 0.05) is 101 Å². The summed E-state index contributed by atoms with van der Waals surface area (Å²) >= 11 is 0. The predicted molar refractivity (Wildman–Crippen MR) is 436 cm³/mol. The Morgan fingerprint density at radius 2 is 0.559 bits per heavy atom. The van der Waals surface area contributed by atoms with Gasteiger partial charge in [-0.25, -0.2) is 0 Å². The molecule has 6 nitrogen and oxygen atoms in total. The van der Waals surface area contributed by atoms with Gasteiger partial charge in [-0.1, -0.05) is 242 Å². The van der Waals surface area contributed by atoms with Crippen LogP contribution in [0.5, 0.6) is 0 Å². The van der Waals surface area contributed by atoms with Crippen LogP contribution >= 0.6 is 0 Å². The Kier molecular flexibility index (Phi) is 12.4. The Balaban J connectivity index is 0.894. The number of para-hydroxylation sites is 6. The molecule has 0 amide bonds. The van der Waals surface area contributed by atoms with E-state index in [9.17, 15) is 0 Å². The molecule has 0 N–H and O–H groups in total. The number of anilines is 12. The molecule has 0 atom stereocenters. The molecule has 15 aromatic carbocycles. The highest BCUT2D eigenvalue weighted by atomic mass is 15.2. The van der Waals surface area contributed by atoms with Gasteiger partial charge in [-0.3, -0.25) is 0 Å². The molecular weight excluding hydrogens is 1230 g/mol. The third-order valence-electron chi connectivity index (χ3n) is 22.6. The molecule has 0 bridgehead atoms. The zero-order valence-corrected chi connectivity index (χ0v) is 57.9. The van der Waals surface area contributed by atoms with Crippen molar-refractivity contribution in [2.24, 2.45) is 0 Å². The molecule has 4 aliphatic rings. The highest BCUT2D eigenvalue weighted by Crippen LogP contribution is 2.52. The molecule has 6 heterocycles. The number of hydrogen-bond donors (Lipinski definition) is 0. The zero-order chi connectivity index (χ0) is 68.0. The molecule has 0 unspecified atom stereocenters. The normalized spacial score (nSPS) is 13.7. The van der Waals surface area contributed by atoms with Gasteiger partial charge >= 0.3 is 0 Å². The van der Waals surface area contributed by atoms with Gasteiger partial charge in [0.1, 0.15) is 0 Å². The van der Waals surface area contributed by atoms with Gasteiger partial charge in [0.2, 0.25) is 0 Å². The minimum atomic E-state index is -0.175. The Morgan fingerprint density at radius 1 is 0.225 bits per heavy atom. The fraction of sp³-hybridized carbons (Fsp3) is 0.0851. The molecule has 0 saturated carbocycles. The van der Waals surface area contributed by atoms with Crippen LogP contribution in [0.3, 0.4) is 0 Å². The summed E-state index contributed by atoms with van der Waals surface area (Å²) in [5, 5.41) is 9.85. The molecule has 2 aromatic heterocycles. The van der Waals surface area contributed by atoms with Gasteiger partial charge in [0.25, 0.3) is 13.4 Å². The molecule has 21 rings (SSSR count). The molecule has 0 aliphatic carbocycles. The predicted octanol–water partition coefficient (Wildman–Crippen LogP) is 20.9. The smallest absolute Gasteiger partial charge is 0.252 e. The average molecular weight is 1310 g/mol. The number of nitrogens with zero attached hydrogens (tertiary/aromatic N) is 6. The first kappa shape index (κ1) is 58.7. The quantitative estimate of drug-likeness (QED) is 0.155. The van der Waals surface area contributed by atoms with E-state index in [1.807, 2.05) is 0 Å². The van der Waals surface area contributed by atoms with E-state index in [2.05, 4.69) is 386 Å². The van der Waals surface area contributed by atoms with Crippen molar-refractivity contribution in [1.82, 2.24) is 9.13 Å². The molecule has 482 valence electrons. The Labute approximate surface area is 595 Å². The molecule has 0 radical (unpaired) electrons. The standard InChI is InChI=1S/C94H70B2N6/c1-93(2,3)61-45-49-79-73(51-61)71-47-43-59-27-19-21-37-69(59)91(71)101(79)67-53-85-89-87(55-67)99(65-33-15-9-16-34-65)83-58-84-78(57-77(83)95(89)75-39-23-25-41-81(75)97(85)63-29-11-7-12-30-63)96-76-40-24-26-42-82(76)98(64-31-13-8-14-32-64)86-54-68(56-88(90(86)96)100(84)66-35-17-10-18-36-66)102-80-50-46-62(94(4,5)6)52-74(80)72-48-44-60-28-20-22-38-70(60)92(72)102/h7-58H,1-6H3. The monoisotopic (exact) mass is 1300 g/mol. The number of aromatic nitrogens is 2. The van der Waals surface area contributed by atoms with Crippen LogP contribution in [0.4, 0.5) is 68.2 Å². The van der Waals surface area contributed by atoms with Crippen LogP contribution in [0, 0.1) is 0 Å². The highest BCUT2D eigenvalue weighted by Gasteiger charge is 2.49. The molecular formula is C94H70B2N6. The summed E-state index contributed by atoms with van der Waals surface area (Å²) < 4.78 is 5.18. The second-order valence-electron chi connectivity index (χ2n) is 30.4. The summed E-state index contributed by atoms with van der Waals surface area (Å²) in [6.07, 6.45) is 0. The van der Waals surface area contributed by atoms with Gasteiger partial charge in [0.15, 0.2) is 0 Å². The van der Waals surface area contributed by atoms with E-state index >= 15 is 0 Å². The topological polar surface area (TPSA) is 22.8 Å². The molecule has 0 spiro atoms. The first-order chi connectivity index (χ1) is 49.9. The fourth-order valence-electron chi connectivity index (χ4n) is 18.1. The van der Waals surface area contributed by atoms with Crippen LogP contribution in [-0.2, 0) is 10.8 Å². The fourth-order valence-corrected chi connectivity index (χ4v) is 18.1. The lowest BCUT2D eigenvalue weighted by Gasteiger charge is -2.47. The molecule has 0 saturated heterocycles. The summed E-state index contributed by atoms with van der Waals surface area (Å²) in [4.78, 5) is 10.4. The van der Waals surface area contributed by atoms with E-state index in [4.69, 9.17) is 0 Å². The SMILES string of the molecule is CC(C)(C)c1ccc2c(c1)c1ccc3ccccc3c1n2-c1cc2c3c(c1)N(c1ccccc1)c1cc4c(cc1B3c1ccccc1N2c1ccccc1)B1c2ccccc2N(c2ccccc2)c2cc(-n3c5ccc(C(C)(C)C)cc5c5ccc6ccccc6c53)cc(c21)N4c1ccccc1. The highest BCUT2D eigenvalue weighted by molar-refractivity contribution is 7.03. The summed E-state index contributed by atoms with van der Waals surface area (Å²) in [5.74, 6) is 0. The number of rotatable bonds is 6. The van der Waals surface area contributed by atoms with Crippen molar-refractivity contribution in [3.63, 3.8) is 0 Å². The molecule has 4 aliphatic heterocycles. The third kappa shape index (κ3) is 8.44. The lowest BCUT2D eigenvalue weighted by molar-refractivity contribution is 0.591. The molecule has 102 heavy (non-hydrogen) atoms. The third-order valence-corrected chi connectivity index (χ3v) is 22.6. The van der Waals surface area contributed by atoms with Crippen LogP contribution < -0.4 is 52.4 Å². The van der Waals surface area contributed by atoms with Crippen LogP contribution in [0.15, 0.2) is 315 Å². The Bertz CT molecular complexity index is 6000. The van der Waals surface area contributed by atoms with Crippen LogP contribution in [0.25, 0.3) is 76.5 Å². The maximum Gasteiger partial charge on any atom is 0.252 e. The molecule has 0 fully saturated rings. The second kappa shape index (κ2) is 21.6. The number of fused-ring (bicyclic) bond motifs is 18. The molecule has 17 aromatic rings. The Hall–Kier alpha value is -12.3. The average Bonchev–Trinajstić information content (AvgIpc) is 0.770. The summed E-state index contributed by atoms with van der Waals surface area (Å²) in [6, 6.07) is 120. The van der Waals surface area contributed by atoms with Crippen LogP contribution in [-0.4, -0.2) is 22.6 Å². The number of hydrogen-bond acceptors (Lipinski definition) is 4. The summed E-state index contributed by atoms with van der Waals surface area (Å²) in [5.41, 5.74) is 30.7. The van der Waals surface area contributed by atoms with E-state index in [0.29, 0.717) is 0 Å². The van der Waals surface area contributed by atoms with Crippen molar-refractivity contribution in [2.75, 3.05) is 19.6 Å². The van der Waals surface area contributed by atoms with Gasteiger partial charge in [-0.2, -0.15) is 0 Å². The van der Waals surface area contributed by atoms with Crippen LogP contribution in [0.1, 0.15) is 52.7 Å². The summed E-state index contributed by atoms with van der Waals surface area (Å²) in [6.45, 7) is 13.6. The van der Waals surface area contributed by atoms with E-state index in [1.165, 1.54) is 120 Å². The minimum absolute atomic E-state index is 0.0547. The minimum Gasteiger partial charge on any atom is -0.311 e. The largest absolute Gasteiger partial charge is 0.311 e. The Morgan fingerprint density at radius 3 is 0.931 bits per heavy atom. The maximum absolute atomic E-state index is 2.66. The number of benzene rings is 15. The maximum atomic E-state index is 2.66. The van der Waals surface area contributed by atoms with Gasteiger partial charge in [0.05, 0.1) is 33.4 Å². The van der Waals surface area contributed by atoms with Crippen molar-refractivity contribution in [3.05, 3.63) is 327 Å². The second-order valence-corrected chi connectivity index (χ2v) is 30.4. The van der Waals surface area contributed by atoms with E-state index < -0.39 is 0 Å². The van der Waals surface area contributed by atoms with Crippen LogP contribution in [0.2, 0.25) is 0 Å². The zero-order valence-electron chi connectivity index (χ0n) is 57.9. The first-order valence-electron chi connectivity index (χ1n) is 36.0. The van der Waals surface area contributed by atoms with Gasteiger partial charge in [-0.05, 0) is 181 Å². The van der Waals surface area contributed by atoms with Gasteiger partial charge < -0.3 is 28.7 Å². The lowest BCUT2D eigenvalue weighted by atomic mass is 9.30.